The van der Waals surface area contributed by atoms with E-state index in [1.807, 2.05) is 13.8 Å². The molecule has 1 N–H and O–H groups in total. The molecule has 0 bridgehead atoms. The normalized spacial score (nSPS) is 20.7. The summed E-state index contributed by atoms with van der Waals surface area (Å²) >= 11 is 1.28. The Kier molecular flexibility index (Phi) is 7.01. The highest BCUT2D eigenvalue weighted by molar-refractivity contribution is 7.19. The molecule has 1 aliphatic rings. The number of fused-ring (bicyclic) bond motifs is 1. The minimum Gasteiger partial charge on any atom is -0.472 e. The third-order valence-electron chi connectivity index (χ3n) is 4.48. The number of hydrogen-bond acceptors (Lipinski definition) is 7. The molecule has 28 heavy (non-hydrogen) atoms. The Hall–Kier alpha value is -2.00. The van der Waals surface area contributed by atoms with Crippen molar-refractivity contribution in [3.05, 3.63) is 11.9 Å². The average molecular weight is 411 g/mol. The van der Waals surface area contributed by atoms with E-state index in [0.717, 1.165) is 25.7 Å². The summed E-state index contributed by atoms with van der Waals surface area (Å²) in [5.74, 6) is -0.555. The van der Waals surface area contributed by atoms with Crippen molar-refractivity contribution in [1.29, 1.82) is 0 Å². The number of thiazole rings is 1. The van der Waals surface area contributed by atoms with Crippen LogP contribution in [0.25, 0.3) is 10.3 Å². The number of nitrogens with zero attached hydrogens (tertiary/aromatic N) is 2. The van der Waals surface area contributed by atoms with Crippen molar-refractivity contribution >= 4 is 27.6 Å². The second-order valence-electron chi connectivity index (χ2n) is 6.96. The van der Waals surface area contributed by atoms with Crippen molar-refractivity contribution in [3.8, 4) is 11.1 Å². The van der Waals surface area contributed by atoms with Gasteiger partial charge in [0.2, 0.25) is 5.91 Å². The number of hydrogen-bond donors (Lipinski definition) is 1. The Labute approximate surface area is 167 Å². The summed E-state index contributed by atoms with van der Waals surface area (Å²) in [6.07, 6.45) is 3.24. The zero-order chi connectivity index (χ0) is 20.1. The molecule has 1 atom stereocenters. The average Bonchev–Trinajstić information content (AvgIpc) is 3.02. The van der Waals surface area contributed by atoms with Crippen LogP contribution in [0.4, 0.5) is 4.39 Å². The van der Waals surface area contributed by atoms with E-state index >= 15 is 0 Å². The molecule has 0 saturated heterocycles. The first-order chi connectivity index (χ1) is 13.4. The largest absolute Gasteiger partial charge is 0.472 e. The van der Waals surface area contributed by atoms with Gasteiger partial charge >= 0.3 is 0 Å². The first kappa shape index (κ1) is 20.7. The number of rotatable bonds is 8. The lowest BCUT2D eigenvalue weighted by atomic mass is 9.95. The summed E-state index contributed by atoms with van der Waals surface area (Å²) < 4.78 is 31.4. The van der Waals surface area contributed by atoms with Gasteiger partial charge in [0.25, 0.3) is 11.1 Å². The van der Waals surface area contributed by atoms with Crippen LogP contribution < -0.4 is 14.8 Å². The first-order valence-corrected chi connectivity index (χ1v) is 10.4. The van der Waals surface area contributed by atoms with Gasteiger partial charge < -0.3 is 19.5 Å². The van der Waals surface area contributed by atoms with Crippen molar-refractivity contribution in [2.24, 2.45) is 0 Å². The molecule has 3 rings (SSSR count). The molecular weight excluding hydrogens is 385 g/mol. The first-order valence-electron chi connectivity index (χ1n) is 9.59. The molecule has 1 aliphatic carbocycles. The van der Waals surface area contributed by atoms with Gasteiger partial charge in [-0.25, -0.2) is 9.37 Å². The molecule has 0 unspecified atom stereocenters. The van der Waals surface area contributed by atoms with Crippen LogP contribution in [0.2, 0.25) is 0 Å². The summed E-state index contributed by atoms with van der Waals surface area (Å²) in [5.41, 5.74) is 0.476. The van der Waals surface area contributed by atoms with Crippen molar-refractivity contribution in [3.63, 3.8) is 0 Å². The lowest BCUT2D eigenvalue weighted by molar-refractivity contribution is -0.120. The van der Waals surface area contributed by atoms with Gasteiger partial charge in [-0.15, -0.1) is 0 Å². The Bertz CT molecular complexity index is 808. The molecule has 2 aromatic heterocycles. The van der Waals surface area contributed by atoms with Gasteiger partial charge in [0.05, 0.1) is 19.3 Å². The van der Waals surface area contributed by atoms with E-state index < -0.39 is 5.82 Å². The number of carbonyl (C=O) groups is 1. The van der Waals surface area contributed by atoms with Crippen LogP contribution in [0.15, 0.2) is 6.07 Å². The predicted molar refractivity (Wildman–Crippen MR) is 104 cm³/mol. The molecule has 1 saturated carbocycles. The van der Waals surface area contributed by atoms with Gasteiger partial charge in [-0.05, 0) is 39.5 Å². The van der Waals surface area contributed by atoms with Gasteiger partial charge in [-0.1, -0.05) is 11.3 Å². The minimum atomic E-state index is -0.511. The molecule has 1 amide bonds. The highest BCUT2D eigenvalue weighted by Gasteiger charge is 2.25. The fourth-order valence-corrected chi connectivity index (χ4v) is 4.04. The fourth-order valence-electron chi connectivity index (χ4n) is 3.22. The predicted octanol–water partition coefficient (Wildman–Crippen LogP) is 3.46. The van der Waals surface area contributed by atoms with Gasteiger partial charge in [0, 0.05) is 19.0 Å². The smallest absolute Gasteiger partial charge is 0.275 e. The SMILES string of the molecule is CCOc1nc2cc(F)c(O[C@H]3CC[C@H](OC[C@H](C)NC(C)=O)CC3)nc2s1. The van der Waals surface area contributed by atoms with Crippen molar-refractivity contribution in [2.75, 3.05) is 13.2 Å². The van der Waals surface area contributed by atoms with Crippen LogP contribution in [0.1, 0.15) is 46.5 Å². The highest BCUT2D eigenvalue weighted by atomic mass is 32.1. The van der Waals surface area contributed by atoms with Gasteiger partial charge in [-0.3, -0.25) is 4.79 Å². The molecule has 7 nitrogen and oxygen atoms in total. The number of halogens is 1. The van der Waals surface area contributed by atoms with Gasteiger partial charge in [0.1, 0.15) is 11.6 Å². The maximum absolute atomic E-state index is 14.3. The Balaban J connectivity index is 1.51. The molecule has 0 radical (unpaired) electrons. The lowest BCUT2D eigenvalue weighted by Crippen LogP contribution is -2.37. The third-order valence-corrected chi connectivity index (χ3v) is 5.36. The Morgan fingerprint density at radius 1 is 1.32 bits per heavy atom. The maximum Gasteiger partial charge on any atom is 0.275 e. The van der Waals surface area contributed by atoms with Crippen LogP contribution in [-0.2, 0) is 9.53 Å². The Morgan fingerprint density at radius 2 is 2.04 bits per heavy atom. The lowest BCUT2D eigenvalue weighted by Gasteiger charge is -2.29. The molecular formula is C19H26FN3O4S. The molecule has 0 aliphatic heterocycles. The number of amides is 1. The summed E-state index contributed by atoms with van der Waals surface area (Å²) in [4.78, 5) is 20.1. The number of ether oxygens (including phenoxy) is 3. The van der Waals surface area contributed by atoms with Crippen molar-refractivity contribution in [2.45, 2.75) is 64.7 Å². The minimum absolute atomic E-state index is 0.0162. The van der Waals surface area contributed by atoms with Gasteiger partial charge in [0.15, 0.2) is 10.6 Å². The molecule has 1 fully saturated rings. The van der Waals surface area contributed by atoms with Crippen LogP contribution in [0, 0.1) is 5.82 Å². The molecule has 0 spiro atoms. The molecule has 9 heteroatoms. The second-order valence-corrected chi connectivity index (χ2v) is 7.90. The maximum atomic E-state index is 14.3. The molecule has 154 valence electrons. The van der Waals surface area contributed by atoms with E-state index in [-0.39, 0.29) is 30.0 Å². The second kappa shape index (κ2) is 9.47. The van der Waals surface area contributed by atoms with E-state index in [0.29, 0.717) is 28.8 Å². The quantitative estimate of drug-likeness (QED) is 0.716. The summed E-state index contributed by atoms with van der Waals surface area (Å²) in [5, 5.41) is 3.28. The van der Waals surface area contributed by atoms with E-state index in [1.165, 1.54) is 24.3 Å². The van der Waals surface area contributed by atoms with Crippen LogP contribution >= 0.6 is 11.3 Å². The number of aromatic nitrogens is 2. The van der Waals surface area contributed by atoms with Crippen molar-refractivity contribution in [1.82, 2.24) is 15.3 Å². The summed E-state index contributed by atoms with van der Waals surface area (Å²) in [7, 11) is 0. The van der Waals surface area contributed by atoms with Gasteiger partial charge in [-0.2, -0.15) is 4.98 Å². The van der Waals surface area contributed by atoms with Crippen molar-refractivity contribution < 1.29 is 23.4 Å². The third kappa shape index (κ3) is 5.51. The highest BCUT2D eigenvalue weighted by Crippen LogP contribution is 2.31. The summed E-state index contributed by atoms with van der Waals surface area (Å²) in [6, 6.07) is 1.33. The van der Waals surface area contributed by atoms with Crippen LogP contribution in [0.3, 0.4) is 0 Å². The van der Waals surface area contributed by atoms with E-state index in [9.17, 15) is 9.18 Å². The standard InChI is InChI=1S/C19H26FN3O4S/c1-4-25-19-22-16-9-15(20)17(23-18(16)28-19)27-14-7-5-13(6-8-14)26-10-11(2)21-12(3)24/h9,11,13-14H,4-8,10H2,1-3H3,(H,21,24)/t11-,13-,14-/m0/s1. The monoisotopic (exact) mass is 411 g/mol. The molecule has 2 heterocycles. The zero-order valence-corrected chi connectivity index (χ0v) is 17.2. The molecule has 0 aromatic carbocycles. The van der Waals surface area contributed by atoms with Crippen LogP contribution in [-0.4, -0.2) is 47.3 Å². The molecule has 2 aromatic rings. The van der Waals surface area contributed by atoms with E-state index in [1.54, 1.807) is 0 Å². The Morgan fingerprint density at radius 3 is 2.71 bits per heavy atom. The number of pyridine rings is 1. The van der Waals surface area contributed by atoms with Crippen LogP contribution in [0.5, 0.6) is 11.1 Å². The van der Waals surface area contributed by atoms with E-state index in [4.69, 9.17) is 14.2 Å². The zero-order valence-electron chi connectivity index (χ0n) is 16.4. The fraction of sp³-hybridized carbons (Fsp3) is 0.632. The summed E-state index contributed by atoms with van der Waals surface area (Å²) in [6.45, 7) is 6.26. The topological polar surface area (TPSA) is 82.6 Å². The van der Waals surface area contributed by atoms with E-state index in [2.05, 4.69) is 15.3 Å². The number of carbonyl (C=O) groups excluding carboxylic acids is 1. The number of nitrogens with one attached hydrogen (secondary N) is 1.